The van der Waals surface area contributed by atoms with Gasteiger partial charge < -0.3 is 32.1 Å². The molecular weight excluding hydrogens is 418 g/mol. The van der Waals surface area contributed by atoms with Gasteiger partial charge >= 0.3 is 5.97 Å². The standard InChI is InChI=1S/C17H31N5O5S2/c18-6-2-1-4-10(19)16(25)22-7-3-5-13(22)15(24)20-11(8-28)14(23)21-12(9-29)17(26)27/h10-13,28-29H,1-9,18-19H2,(H,20,24)(H,21,23)(H,26,27). The van der Waals surface area contributed by atoms with Crippen molar-refractivity contribution < 1.29 is 24.3 Å². The predicted octanol–water partition coefficient (Wildman–Crippen LogP) is -1.65. The van der Waals surface area contributed by atoms with Crippen LogP contribution in [0.25, 0.3) is 0 Å². The normalized spacial score (nSPS) is 19.3. The van der Waals surface area contributed by atoms with Crippen LogP contribution in [0.1, 0.15) is 32.1 Å². The summed E-state index contributed by atoms with van der Waals surface area (Å²) in [4.78, 5) is 50.1. The van der Waals surface area contributed by atoms with Gasteiger partial charge in [0.15, 0.2) is 0 Å². The highest BCUT2D eigenvalue weighted by atomic mass is 32.1. The van der Waals surface area contributed by atoms with Gasteiger partial charge in [0.1, 0.15) is 18.1 Å². The number of carboxylic acid groups (broad SMARTS) is 1. The molecule has 1 aliphatic heterocycles. The van der Waals surface area contributed by atoms with Crippen molar-refractivity contribution in [1.82, 2.24) is 15.5 Å². The van der Waals surface area contributed by atoms with Crippen molar-refractivity contribution in [1.29, 1.82) is 0 Å². The summed E-state index contributed by atoms with van der Waals surface area (Å²) >= 11 is 7.95. The van der Waals surface area contributed by atoms with Gasteiger partial charge in [0.05, 0.1) is 6.04 Å². The number of nitrogens with zero attached hydrogens (tertiary/aromatic N) is 1. The van der Waals surface area contributed by atoms with Crippen LogP contribution in [0, 0.1) is 0 Å². The summed E-state index contributed by atoms with van der Waals surface area (Å²) < 4.78 is 0. The summed E-state index contributed by atoms with van der Waals surface area (Å²) in [6.45, 7) is 0.943. The molecule has 0 aromatic heterocycles. The Morgan fingerprint density at radius 2 is 1.76 bits per heavy atom. The summed E-state index contributed by atoms with van der Waals surface area (Å²) in [5.74, 6) is -2.82. The lowest BCUT2D eigenvalue weighted by atomic mass is 10.1. The molecule has 4 atom stereocenters. The molecule has 4 unspecified atom stereocenters. The largest absolute Gasteiger partial charge is 0.480 e. The number of rotatable bonds is 12. The van der Waals surface area contributed by atoms with Gasteiger partial charge in [-0.3, -0.25) is 14.4 Å². The van der Waals surface area contributed by atoms with Crippen molar-refractivity contribution in [3.05, 3.63) is 0 Å². The lowest BCUT2D eigenvalue weighted by molar-refractivity contribution is -0.142. The molecule has 1 heterocycles. The number of amides is 3. The summed E-state index contributed by atoms with van der Waals surface area (Å²) in [5.41, 5.74) is 11.4. The molecule has 7 N–H and O–H groups in total. The quantitative estimate of drug-likeness (QED) is 0.138. The van der Waals surface area contributed by atoms with Gasteiger partial charge in [-0.2, -0.15) is 25.3 Å². The number of unbranched alkanes of at least 4 members (excludes halogenated alkanes) is 1. The van der Waals surface area contributed by atoms with Crippen LogP contribution in [0.3, 0.4) is 0 Å². The minimum atomic E-state index is -1.23. The molecule has 1 fully saturated rings. The van der Waals surface area contributed by atoms with Gasteiger partial charge in [-0.05, 0) is 32.2 Å². The summed E-state index contributed by atoms with van der Waals surface area (Å²) in [7, 11) is 0. The molecule has 166 valence electrons. The Hall–Kier alpha value is -1.50. The maximum atomic E-state index is 12.7. The molecule has 0 spiro atoms. The molecule has 0 aromatic rings. The fourth-order valence-corrected chi connectivity index (χ4v) is 3.57. The third-order valence-corrected chi connectivity index (χ3v) is 5.47. The number of carbonyl (C=O) groups is 4. The van der Waals surface area contributed by atoms with E-state index in [0.29, 0.717) is 32.4 Å². The molecule has 0 aliphatic carbocycles. The van der Waals surface area contributed by atoms with E-state index in [0.717, 1.165) is 12.8 Å². The fraction of sp³-hybridized carbons (Fsp3) is 0.765. The molecule has 29 heavy (non-hydrogen) atoms. The highest BCUT2D eigenvalue weighted by Crippen LogP contribution is 2.19. The van der Waals surface area contributed by atoms with Gasteiger partial charge in [-0.15, -0.1) is 0 Å². The smallest absolute Gasteiger partial charge is 0.327 e. The number of likely N-dealkylation sites (tertiary alicyclic amines) is 1. The lowest BCUT2D eigenvalue weighted by Crippen LogP contribution is -2.57. The minimum absolute atomic E-state index is 0.0320. The maximum absolute atomic E-state index is 12.7. The zero-order valence-electron chi connectivity index (χ0n) is 16.2. The number of nitrogens with two attached hydrogens (primary N) is 2. The Morgan fingerprint density at radius 1 is 1.10 bits per heavy atom. The second kappa shape index (κ2) is 12.9. The van der Waals surface area contributed by atoms with E-state index in [1.807, 2.05) is 0 Å². The molecule has 0 aromatic carbocycles. The van der Waals surface area contributed by atoms with Crippen LogP contribution in [0.5, 0.6) is 0 Å². The Labute approximate surface area is 181 Å². The zero-order chi connectivity index (χ0) is 22.0. The molecule has 12 heteroatoms. The molecule has 1 aliphatic rings. The van der Waals surface area contributed by atoms with E-state index in [-0.39, 0.29) is 17.4 Å². The summed E-state index contributed by atoms with van der Waals surface area (Å²) in [6, 6.07) is -3.64. The number of thiol groups is 2. The van der Waals surface area contributed by atoms with Crippen LogP contribution in [0.4, 0.5) is 0 Å². The van der Waals surface area contributed by atoms with Crippen molar-refractivity contribution in [3.8, 4) is 0 Å². The number of carboxylic acids is 1. The molecule has 3 amide bonds. The van der Waals surface area contributed by atoms with Crippen LogP contribution in [-0.4, -0.2) is 82.5 Å². The van der Waals surface area contributed by atoms with Crippen molar-refractivity contribution >= 4 is 48.9 Å². The van der Waals surface area contributed by atoms with E-state index in [1.54, 1.807) is 0 Å². The molecule has 0 radical (unpaired) electrons. The topological polar surface area (TPSA) is 168 Å². The molecule has 1 saturated heterocycles. The van der Waals surface area contributed by atoms with Gasteiger partial charge in [0, 0.05) is 18.1 Å². The third kappa shape index (κ3) is 7.68. The first-order chi connectivity index (χ1) is 13.8. The van der Waals surface area contributed by atoms with E-state index in [9.17, 15) is 19.2 Å². The Balaban J connectivity index is 2.71. The van der Waals surface area contributed by atoms with E-state index in [2.05, 4.69) is 35.9 Å². The number of aliphatic carboxylic acids is 1. The fourth-order valence-electron chi connectivity index (χ4n) is 3.07. The maximum Gasteiger partial charge on any atom is 0.327 e. The van der Waals surface area contributed by atoms with Gasteiger partial charge in [-0.25, -0.2) is 4.79 Å². The second-order valence-electron chi connectivity index (χ2n) is 6.91. The van der Waals surface area contributed by atoms with Gasteiger partial charge in [0.25, 0.3) is 0 Å². The lowest BCUT2D eigenvalue weighted by Gasteiger charge is -2.28. The average molecular weight is 450 g/mol. The van der Waals surface area contributed by atoms with Crippen LogP contribution < -0.4 is 22.1 Å². The van der Waals surface area contributed by atoms with Crippen LogP contribution in [0.15, 0.2) is 0 Å². The molecular formula is C17H31N5O5S2. The van der Waals surface area contributed by atoms with Crippen molar-refractivity contribution in [2.45, 2.75) is 56.3 Å². The van der Waals surface area contributed by atoms with Crippen LogP contribution in [0.2, 0.25) is 0 Å². The first-order valence-corrected chi connectivity index (χ1v) is 10.8. The van der Waals surface area contributed by atoms with Gasteiger partial charge in [0.2, 0.25) is 17.7 Å². The third-order valence-electron chi connectivity index (χ3n) is 4.74. The number of hydrogen-bond acceptors (Lipinski definition) is 8. The minimum Gasteiger partial charge on any atom is -0.480 e. The highest BCUT2D eigenvalue weighted by Gasteiger charge is 2.37. The van der Waals surface area contributed by atoms with Crippen molar-refractivity contribution in [3.63, 3.8) is 0 Å². The SMILES string of the molecule is NCCCCC(N)C(=O)N1CCCC1C(=O)NC(CS)C(=O)NC(CS)C(=O)O. The van der Waals surface area contributed by atoms with Crippen molar-refractivity contribution in [2.24, 2.45) is 11.5 Å². The highest BCUT2D eigenvalue weighted by molar-refractivity contribution is 7.80. The predicted molar refractivity (Wildman–Crippen MR) is 115 cm³/mol. The van der Waals surface area contributed by atoms with Crippen LogP contribution in [-0.2, 0) is 19.2 Å². The molecule has 0 bridgehead atoms. The van der Waals surface area contributed by atoms with Crippen molar-refractivity contribution in [2.75, 3.05) is 24.6 Å². The number of carbonyl (C=O) groups excluding carboxylic acids is 3. The monoisotopic (exact) mass is 449 g/mol. The van der Waals surface area contributed by atoms with E-state index in [1.165, 1.54) is 4.90 Å². The first kappa shape index (κ1) is 25.5. The number of nitrogens with one attached hydrogen (secondary N) is 2. The molecule has 0 saturated carbocycles. The average Bonchev–Trinajstić information content (AvgIpc) is 3.18. The molecule has 10 nitrogen and oxygen atoms in total. The summed E-state index contributed by atoms with van der Waals surface area (Å²) in [5, 5.41) is 13.9. The number of hydrogen-bond donors (Lipinski definition) is 7. The second-order valence-corrected chi connectivity index (χ2v) is 7.64. The van der Waals surface area contributed by atoms with E-state index in [4.69, 9.17) is 16.6 Å². The van der Waals surface area contributed by atoms with E-state index >= 15 is 0 Å². The van der Waals surface area contributed by atoms with E-state index < -0.39 is 42.0 Å². The van der Waals surface area contributed by atoms with Crippen LogP contribution >= 0.6 is 25.3 Å². The van der Waals surface area contributed by atoms with Gasteiger partial charge in [-0.1, -0.05) is 6.42 Å². The Morgan fingerprint density at radius 3 is 2.31 bits per heavy atom. The Kier molecular flexibility index (Phi) is 11.4. The summed E-state index contributed by atoms with van der Waals surface area (Å²) in [6.07, 6.45) is 3.10. The zero-order valence-corrected chi connectivity index (χ0v) is 18.0. The Bertz CT molecular complexity index is 595. The molecule has 1 rings (SSSR count). The first-order valence-electron chi connectivity index (χ1n) is 9.58.